The van der Waals surface area contributed by atoms with E-state index in [0.29, 0.717) is 15.8 Å². The van der Waals surface area contributed by atoms with Gasteiger partial charge < -0.3 is 4.74 Å². The van der Waals surface area contributed by atoms with Gasteiger partial charge >= 0.3 is 0 Å². The molecule has 0 N–H and O–H groups in total. The van der Waals surface area contributed by atoms with Crippen molar-refractivity contribution >= 4 is 50.5 Å². The second-order valence-corrected chi connectivity index (χ2v) is 9.61. The molecule has 0 atom stereocenters. The predicted octanol–water partition coefficient (Wildman–Crippen LogP) is 4.88. The minimum Gasteiger partial charge on any atom is -0.491 e. The van der Waals surface area contributed by atoms with Gasteiger partial charge in [0.25, 0.3) is 11.2 Å². The Morgan fingerprint density at radius 3 is 2.88 bits per heavy atom. The quantitative estimate of drug-likeness (QED) is 0.205. The van der Waals surface area contributed by atoms with E-state index in [-0.39, 0.29) is 26.9 Å². The van der Waals surface area contributed by atoms with Gasteiger partial charge in [0.2, 0.25) is 0 Å². The number of thioether (sulfide) groups is 1. The standard InChI is InChI=1S/C20H16ClN5O4S2/c1-11(2)30-15-5-3-4-14(8-15)25-9-13(23-24-25)10-31-20-22-19(27)16-6-12(21)7-17(26(28)29)18(16)32-20/h3-9,11H,10H2,1-2H3. The summed E-state index contributed by atoms with van der Waals surface area (Å²) in [6.45, 7) is 3.91. The molecule has 4 rings (SSSR count). The van der Waals surface area contributed by atoms with Crippen LogP contribution in [0.4, 0.5) is 5.69 Å². The fraction of sp³-hybridized carbons (Fsp3) is 0.200. The van der Waals surface area contributed by atoms with E-state index in [2.05, 4.69) is 15.3 Å². The van der Waals surface area contributed by atoms with Crippen LogP contribution in [-0.2, 0) is 5.75 Å². The Labute approximate surface area is 195 Å². The number of rotatable bonds is 7. The zero-order valence-electron chi connectivity index (χ0n) is 16.9. The summed E-state index contributed by atoms with van der Waals surface area (Å²) in [5.74, 6) is 1.12. The van der Waals surface area contributed by atoms with Crippen LogP contribution in [-0.4, -0.2) is 31.0 Å². The van der Waals surface area contributed by atoms with Crippen molar-refractivity contribution in [1.82, 2.24) is 20.0 Å². The molecule has 2 aromatic heterocycles. The number of hydrogen-bond donors (Lipinski definition) is 0. The minimum absolute atomic E-state index is 0.0569. The normalized spacial score (nSPS) is 11.2. The van der Waals surface area contributed by atoms with Crippen LogP contribution in [0.2, 0.25) is 5.02 Å². The van der Waals surface area contributed by atoms with Crippen molar-refractivity contribution in [2.24, 2.45) is 0 Å². The molecule has 0 unspecified atom stereocenters. The molecule has 0 bridgehead atoms. The topological polar surface area (TPSA) is 113 Å². The first-order valence-electron chi connectivity index (χ1n) is 9.40. The Kier molecular flexibility index (Phi) is 6.40. The van der Waals surface area contributed by atoms with Gasteiger partial charge in [0.05, 0.1) is 34.0 Å². The summed E-state index contributed by atoms with van der Waals surface area (Å²) in [4.78, 5) is 27.3. The number of fused-ring (bicyclic) bond motifs is 1. The number of nitro benzene ring substituents is 1. The molecule has 164 valence electrons. The number of non-ortho nitro benzene ring substituents is 1. The minimum atomic E-state index is -0.558. The van der Waals surface area contributed by atoms with E-state index in [0.717, 1.165) is 22.8 Å². The van der Waals surface area contributed by atoms with Crippen molar-refractivity contribution < 1.29 is 9.66 Å². The Bertz CT molecular complexity index is 1370. The Morgan fingerprint density at radius 2 is 2.12 bits per heavy atom. The van der Waals surface area contributed by atoms with Crippen LogP contribution in [0.5, 0.6) is 5.75 Å². The van der Waals surface area contributed by atoms with Crippen LogP contribution in [0.25, 0.3) is 15.8 Å². The molecule has 12 heteroatoms. The van der Waals surface area contributed by atoms with Gasteiger partial charge in [-0.1, -0.05) is 34.6 Å². The van der Waals surface area contributed by atoms with Gasteiger partial charge in [-0.05, 0) is 32.0 Å². The highest BCUT2D eigenvalue weighted by atomic mass is 35.5. The van der Waals surface area contributed by atoms with Crippen LogP contribution in [0.3, 0.4) is 0 Å². The summed E-state index contributed by atoms with van der Waals surface area (Å²) in [6, 6.07) is 10.1. The summed E-state index contributed by atoms with van der Waals surface area (Å²) in [5.41, 5.74) is 0.691. The molecule has 2 aromatic carbocycles. The lowest BCUT2D eigenvalue weighted by Gasteiger charge is -2.10. The van der Waals surface area contributed by atoms with Crippen LogP contribution in [0.15, 0.2) is 51.7 Å². The Balaban J connectivity index is 1.56. The van der Waals surface area contributed by atoms with Crippen LogP contribution in [0.1, 0.15) is 19.5 Å². The number of halogens is 1. The Morgan fingerprint density at radius 1 is 1.31 bits per heavy atom. The van der Waals surface area contributed by atoms with Crippen LogP contribution < -0.4 is 10.3 Å². The zero-order chi connectivity index (χ0) is 22.8. The van der Waals surface area contributed by atoms with Gasteiger partial charge in [-0.3, -0.25) is 14.9 Å². The molecule has 0 saturated heterocycles. The SMILES string of the molecule is CC(C)Oc1cccc(-n2cc(CSc3nc(=O)c4cc(Cl)cc([N+](=O)[O-])c4s3)nn2)c1. The molecule has 32 heavy (non-hydrogen) atoms. The first kappa shape index (κ1) is 22.2. The van der Waals surface area contributed by atoms with Gasteiger partial charge in [0, 0.05) is 22.9 Å². The van der Waals surface area contributed by atoms with E-state index >= 15 is 0 Å². The van der Waals surface area contributed by atoms with E-state index in [9.17, 15) is 14.9 Å². The van der Waals surface area contributed by atoms with Crippen molar-refractivity contribution in [3.05, 3.63) is 73.8 Å². The van der Waals surface area contributed by atoms with Crippen molar-refractivity contribution in [2.45, 2.75) is 30.0 Å². The van der Waals surface area contributed by atoms with Crippen LogP contribution in [0, 0.1) is 10.1 Å². The van der Waals surface area contributed by atoms with E-state index in [1.54, 1.807) is 10.9 Å². The van der Waals surface area contributed by atoms with E-state index in [1.807, 2.05) is 38.1 Å². The molecule has 0 spiro atoms. The van der Waals surface area contributed by atoms with E-state index in [4.69, 9.17) is 16.3 Å². The first-order valence-corrected chi connectivity index (χ1v) is 11.6. The summed E-state index contributed by atoms with van der Waals surface area (Å²) < 4.78 is 7.98. The Hall–Kier alpha value is -3.02. The maximum absolute atomic E-state index is 12.4. The zero-order valence-corrected chi connectivity index (χ0v) is 19.3. The largest absolute Gasteiger partial charge is 0.491 e. The number of nitro groups is 1. The van der Waals surface area contributed by atoms with Gasteiger partial charge in [0.15, 0.2) is 4.34 Å². The third-order valence-electron chi connectivity index (χ3n) is 4.18. The molecule has 0 aliphatic rings. The average molecular weight is 490 g/mol. The lowest BCUT2D eigenvalue weighted by molar-refractivity contribution is -0.382. The fourth-order valence-electron chi connectivity index (χ4n) is 2.89. The molecule has 0 amide bonds. The molecule has 0 aliphatic heterocycles. The van der Waals surface area contributed by atoms with E-state index < -0.39 is 10.5 Å². The highest BCUT2D eigenvalue weighted by Crippen LogP contribution is 2.35. The summed E-state index contributed by atoms with van der Waals surface area (Å²) in [5, 5.41) is 20.0. The monoisotopic (exact) mass is 489 g/mol. The van der Waals surface area contributed by atoms with E-state index in [1.165, 1.54) is 23.9 Å². The number of benzene rings is 2. The summed E-state index contributed by atoms with van der Waals surface area (Å²) in [7, 11) is 0. The molecule has 0 fully saturated rings. The van der Waals surface area contributed by atoms with Gasteiger partial charge in [-0.2, -0.15) is 4.98 Å². The van der Waals surface area contributed by atoms with Crippen molar-refractivity contribution in [3.8, 4) is 11.4 Å². The molecule has 0 aliphatic carbocycles. The second-order valence-electron chi connectivity index (χ2n) is 6.95. The second kappa shape index (κ2) is 9.23. The molecule has 0 saturated carbocycles. The average Bonchev–Trinajstić information content (AvgIpc) is 3.21. The van der Waals surface area contributed by atoms with Crippen molar-refractivity contribution in [2.75, 3.05) is 0 Å². The molecule has 0 radical (unpaired) electrons. The smallest absolute Gasteiger partial charge is 0.288 e. The van der Waals surface area contributed by atoms with Gasteiger partial charge in [-0.25, -0.2) is 4.68 Å². The molecular formula is C20H16ClN5O4S2. The highest BCUT2D eigenvalue weighted by Gasteiger charge is 2.18. The number of aromatic nitrogens is 4. The molecule has 9 nitrogen and oxygen atoms in total. The number of hydrogen-bond acceptors (Lipinski definition) is 9. The summed E-state index contributed by atoms with van der Waals surface area (Å²) >= 11 is 8.24. The molecule has 2 heterocycles. The van der Waals surface area contributed by atoms with Crippen molar-refractivity contribution in [3.63, 3.8) is 0 Å². The number of ether oxygens (including phenoxy) is 1. The highest BCUT2D eigenvalue weighted by molar-refractivity contribution is 8.00. The number of nitrogens with zero attached hydrogens (tertiary/aromatic N) is 5. The van der Waals surface area contributed by atoms with Crippen molar-refractivity contribution in [1.29, 1.82) is 0 Å². The first-order chi connectivity index (χ1) is 15.3. The van der Waals surface area contributed by atoms with Crippen LogP contribution >= 0.6 is 34.7 Å². The van der Waals surface area contributed by atoms with Gasteiger partial charge in [0.1, 0.15) is 10.4 Å². The molecular weight excluding hydrogens is 474 g/mol. The fourth-order valence-corrected chi connectivity index (χ4v) is 5.12. The summed E-state index contributed by atoms with van der Waals surface area (Å²) in [6.07, 6.45) is 1.83. The lowest BCUT2D eigenvalue weighted by Crippen LogP contribution is -2.06. The lowest BCUT2D eigenvalue weighted by atomic mass is 10.2. The predicted molar refractivity (Wildman–Crippen MR) is 124 cm³/mol. The third kappa shape index (κ3) is 4.90. The van der Waals surface area contributed by atoms with Gasteiger partial charge in [-0.15, -0.1) is 16.4 Å². The maximum atomic E-state index is 12.4. The molecule has 4 aromatic rings. The third-order valence-corrected chi connectivity index (χ3v) is 6.68. The maximum Gasteiger partial charge on any atom is 0.288 e.